The zero-order valence-electron chi connectivity index (χ0n) is 10.8. The maximum Gasteiger partial charge on any atom is 0.133 e. The van der Waals surface area contributed by atoms with Gasteiger partial charge in [-0.25, -0.2) is 13.8 Å². The molecule has 1 heterocycles. The van der Waals surface area contributed by atoms with Crippen molar-refractivity contribution >= 4 is 12.2 Å². The van der Waals surface area contributed by atoms with Gasteiger partial charge in [-0.15, -0.1) is 0 Å². The molecular weight excluding hydrogens is 266 g/mol. The molecule has 0 spiro atoms. The Morgan fingerprint density at radius 3 is 2.42 bits per heavy atom. The second-order valence-electron chi connectivity index (χ2n) is 4.40. The van der Waals surface area contributed by atoms with Crippen LogP contribution < -0.4 is 0 Å². The van der Waals surface area contributed by atoms with Gasteiger partial charge in [-0.3, -0.25) is 0 Å². The summed E-state index contributed by atoms with van der Waals surface area (Å²) in [5, 5.41) is 0. The number of halogens is 2. The minimum atomic E-state index is -0.609. The lowest BCUT2D eigenvalue weighted by molar-refractivity contribution is 0.584. The number of nitrogens with zero attached hydrogens (tertiary/aromatic N) is 1. The molecule has 0 atom stereocenters. The average molecular weight is 280 g/mol. The molecule has 1 N–H and O–H groups in total. The van der Waals surface area contributed by atoms with Gasteiger partial charge in [-0.1, -0.05) is 19.1 Å². The Bertz CT molecular complexity index is 645. The third-order valence-electron chi connectivity index (χ3n) is 2.84. The SMILES string of the molecule is CCCc1nc(=S)c(C)c(-c2cc(F)cc(F)c2)[nH]1. The van der Waals surface area contributed by atoms with Gasteiger partial charge in [-0.2, -0.15) is 0 Å². The highest BCUT2D eigenvalue weighted by molar-refractivity contribution is 7.71. The molecule has 0 fully saturated rings. The highest BCUT2D eigenvalue weighted by Gasteiger charge is 2.09. The minimum Gasteiger partial charge on any atom is -0.343 e. The molecule has 0 amide bonds. The Kier molecular flexibility index (Phi) is 4.04. The summed E-state index contributed by atoms with van der Waals surface area (Å²) in [7, 11) is 0. The van der Waals surface area contributed by atoms with Gasteiger partial charge in [0.25, 0.3) is 0 Å². The largest absolute Gasteiger partial charge is 0.343 e. The van der Waals surface area contributed by atoms with Gasteiger partial charge in [-0.05, 0) is 25.5 Å². The van der Waals surface area contributed by atoms with Crippen LogP contribution in [0.25, 0.3) is 11.3 Å². The number of benzene rings is 1. The van der Waals surface area contributed by atoms with Crippen LogP contribution in [0.2, 0.25) is 0 Å². The molecule has 100 valence electrons. The van der Waals surface area contributed by atoms with E-state index in [-0.39, 0.29) is 0 Å². The molecule has 0 aliphatic rings. The topological polar surface area (TPSA) is 28.7 Å². The predicted octanol–water partition coefficient (Wildman–Crippen LogP) is 4.35. The van der Waals surface area contributed by atoms with Crippen LogP contribution in [0.5, 0.6) is 0 Å². The van der Waals surface area contributed by atoms with Crippen molar-refractivity contribution in [3.63, 3.8) is 0 Å². The number of rotatable bonds is 3. The summed E-state index contributed by atoms with van der Waals surface area (Å²) in [6.07, 6.45) is 1.66. The van der Waals surface area contributed by atoms with E-state index in [0.29, 0.717) is 15.9 Å². The van der Waals surface area contributed by atoms with E-state index in [4.69, 9.17) is 12.2 Å². The monoisotopic (exact) mass is 280 g/mol. The lowest BCUT2D eigenvalue weighted by atomic mass is 10.1. The van der Waals surface area contributed by atoms with Crippen molar-refractivity contribution in [2.45, 2.75) is 26.7 Å². The zero-order valence-corrected chi connectivity index (χ0v) is 11.6. The van der Waals surface area contributed by atoms with Crippen LogP contribution in [0.3, 0.4) is 0 Å². The summed E-state index contributed by atoms with van der Waals surface area (Å²) in [6.45, 7) is 3.82. The Labute approximate surface area is 115 Å². The Hall–Kier alpha value is -1.62. The Morgan fingerprint density at radius 2 is 1.84 bits per heavy atom. The number of H-pyrrole nitrogens is 1. The van der Waals surface area contributed by atoms with Crippen LogP contribution in [-0.4, -0.2) is 9.97 Å². The molecule has 0 aliphatic carbocycles. The van der Waals surface area contributed by atoms with Gasteiger partial charge in [0.15, 0.2) is 0 Å². The van der Waals surface area contributed by atoms with Crippen molar-refractivity contribution in [3.8, 4) is 11.3 Å². The molecule has 0 unspecified atom stereocenters. The molecule has 0 saturated carbocycles. The second kappa shape index (κ2) is 5.57. The van der Waals surface area contributed by atoms with E-state index in [1.54, 1.807) is 6.92 Å². The van der Waals surface area contributed by atoms with Crippen molar-refractivity contribution in [2.24, 2.45) is 0 Å². The zero-order chi connectivity index (χ0) is 14.0. The summed E-state index contributed by atoms with van der Waals surface area (Å²) in [5.74, 6) is -0.483. The highest BCUT2D eigenvalue weighted by atomic mass is 32.1. The summed E-state index contributed by atoms with van der Waals surface area (Å²) in [4.78, 5) is 7.38. The van der Waals surface area contributed by atoms with Crippen molar-refractivity contribution in [2.75, 3.05) is 0 Å². The average Bonchev–Trinajstić information content (AvgIpc) is 2.32. The van der Waals surface area contributed by atoms with Crippen molar-refractivity contribution in [1.82, 2.24) is 9.97 Å². The van der Waals surface area contributed by atoms with Crippen LogP contribution in [0.4, 0.5) is 8.78 Å². The van der Waals surface area contributed by atoms with Crippen LogP contribution in [-0.2, 0) is 6.42 Å². The smallest absolute Gasteiger partial charge is 0.133 e. The number of aromatic amines is 1. The van der Waals surface area contributed by atoms with Crippen LogP contribution >= 0.6 is 12.2 Å². The molecule has 5 heteroatoms. The standard InChI is InChI=1S/C14H14F2N2S/c1-3-4-12-17-13(8(2)14(19)18-12)9-5-10(15)7-11(16)6-9/h5-7H,3-4H2,1-2H3,(H,17,18,19). The maximum atomic E-state index is 13.3. The van der Waals surface area contributed by atoms with Gasteiger partial charge >= 0.3 is 0 Å². The molecule has 2 rings (SSSR count). The van der Waals surface area contributed by atoms with Gasteiger partial charge < -0.3 is 4.98 Å². The summed E-state index contributed by atoms with van der Waals surface area (Å²) in [6, 6.07) is 3.42. The minimum absolute atomic E-state index is 0.445. The van der Waals surface area contributed by atoms with E-state index in [2.05, 4.69) is 9.97 Å². The van der Waals surface area contributed by atoms with E-state index in [0.717, 1.165) is 30.3 Å². The molecule has 1 aromatic heterocycles. The molecule has 1 aromatic carbocycles. The molecule has 0 aliphatic heterocycles. The van der Waals surface area contributed by atoms with Crippen molar-refractivity contribution in [1.29, 1.82) is 0 Å². The summed E-state index contributed by atoms with van der Waals surface area (Å²) in [5.41, 5.74) is 1.79. The number of aromatic nitrogens is 2. The summed E-state index contributed by atoms with van der Waals surface area (Å²) < 4.78 is 27.1. The van der Waals surface area contributed by atoms with E-state index in [9.17, 15) is 8.78 Å². The van der Waals surface area contributed by atoms with Crippen molar-refractivity contribution in [3.05, 3.63) is 45.9 Å². The van der Waals surface area contributed by atoms with Crippen molar-refractivity contribution < 1.29 is 8.78 Å². The van der Waals surface area contributed by atoms with Gasteiger partial charge in [0, 0.05) is 23.6 Å². The molecule has 0 saturated heterocycles. The lowest BCUT2D eigenvalue weighted by Gasteiger charge is -2.09. The lowest BCUT2D eigenvalue weighted by Crippen LogP contribution is -2.01. The molecule has 19 heavy (non-hydrogen) atoms. The van der Waals surface area contributed by atoms with Crippen LogP contribution in [0.1, 0.15) is 24.7 Å². The molecule has 2 aromatic rings. The molecule has 0 radical (unpaired) electrons. The predicted molar refractivity (Wildman–Crippen MR) is 73.5 cm³/mol. The Morgan fingerprint density at radius 1 is 1.21 bits per heavy atom. The first-order valence-electron chi connectivity index (χ1n) is 6.07. The number of hydrogen-bond donors (Lipinski definition) is 1. The van der Waals surface area contributed by atoms with Gasteiger partial charge in [0.1, 0.15) is 22.1 Å². The summed E-state index contributed by atoms with van der Waals surface area (Å²) >= 11 is 5.19. The first-order chi connectivity index (χ1) is 9.01. The van der Waals surface area contributed by atoms with E-state index < -0.39 is 11.6 Å². The number of aryl methyl sites for hydroxylation is 1. The first-order valence-corrected chi connectivity index (χ1v) is 6.48. The van der Waals surface area contributed by atoms with E-state index >= 15 is 0 Å². The van der Waals surface area contributed by atoms with E-state index in [1.165, 1.54) is 12.1 Å². The van der Waals surface area contributed by atoms with Crippen LogP contribution in [0.15, 0.2) is 18.2 Å². The van der Waals surface area contributed by atoms with Gasteiger partial charge in [0.2, 0.25) is 0 Å². The van der Waals surface area contributed by atoms with E-state index in [1.807, 2.05) is 6.92 Å². The quantitative estimate of drug-likeness (QED) is 0.847. The Balaban J connectivity index is 2.63. The third kappa shape index (κ3) is 3.04. The number of hydrogen-bond acceptors (Lipinski definition) is 2. The maximum absolute atomic E-state index is 13.3. The normalized spacial score (nSPS) is 10.7. The highest BCUT2D eigenvalue weighted by Crippen LogP contribution is 2.23. The molecule has 0 bridgehead atoms. The third-order valence-corrected chi connectivity index (χ3v) is 3.24. The fourth-order valence-electron chi connectivity index (χ4n) is 1.92. The molecule has 2 nitrogen and oxygen atoms in total. The fraction of sp³-hybridized carbons (Fsp3) is 0.286. The second-order valence-corrected chi connectivity index (χ2v) is 4.78. The van der Waals surface area contributed by atoms with Gasteiger partial charge in [0.05, 0.1) is 5.69 Å². The first kappa shape index (κ1) is 13.8. The molecular formula is C14H14F2N2S. The number of nitrogens with one attached hydrogen (secondary N) is 1. The fourth-order valence-corrected chi connectivity index (χ4v) is 2.13. The van der Waals surface area contributed by atoms with Crippen LogP contribution in [0, 0.1) is 23.2 Å².